The zero-order chi connectivity index (χ0) is 12.8. The first-order chi connectivity index (χ1) is 8.81. The summed E-state index contributed by atoms with van der Waals surface area (Å²) in [6, 6.07) is 17.9. The third kappa shape index (κ3) is 2.81. The lowest BCUT2D eigenvalue weighted by Gasteiger charge is -2.07. The minimum Gasteiger partial charge on any atom is -0.481 e. The van der Waals surface area contributed by atoms with E-state index in [2.05, 4.69) is 12.5 Å². The normalized spacial score (nSPS) is 9.50. The predicted molar refractivity (Wildman–Crippen MR) is 75.3 cm³/mol. The first-order valence-corrected chi connectivity index (χ1v) is 5.72. The third-order valence-electron chi connectivity index (χ3n) is 2.65. The van der Waals surface area contributed by atoms with E-state index in [4.69, 9.17) is 11.2 Å². The van der Waals surface area contributed by atoms with Crippen molar-refractivity contribution in [3.05, 3.63) is 72.3 Å². The molecule has 0 saturated carbocycles. The highest BCUT2D eigenvalue weighted by Crippen LogP contribution is 2.23. The van der Waals surface area contributed by atoms with Crippen LogP contribution in [0.3, 0.4) is 0 Å². The summed E-state index contributed by atoms with van der Waals surface area (Å²) >= 11 is 0. The van der Waals surface area contributed by atoms with Crippen LogP contribution in [-0.2, 0) is 0 Å². The van der Waals surface area contributed by atoms with Crippen LogP contribution in [0.25, 0.3) is 5.57 Å². The summed E-state index contributed by atoms with van der Waals surface area (Å²) < 4.78 is 5.33. The van der Waals surface area contributed by atoms with Gasteiger partial charge in [0.1, 0.15) is 12.4 Å². The molecule has 0 bridgehead atoms. The lowest BCUT2D eigenvalue weighted by atomic mass is 10.00. The number of rotatable bonds is 4. The van der Waals surface area contributed by atoms with Crippen molar-refractivity contribution in [3.8, 4) is 18.1 Å². The standard InChI is InChI=1S/C17H14O/c1-3-13-18-17-11-9-16(10-12-17)14(2)15-7-5-4-6-8-15/h1,4-12H,2,13H2. The number of terminal acetylenes is 1. The van der Waals surface area contributed by atoms with Gasteiger partial charge in [0.15, 0.2) is 0 Å². The lowest BCUT2D eigenvalue weighted by molar-refractivity contribution is 0.370. The van der Waals surface area contributed by atoms with Crippen molar-refractivity contribution in [1.82, 2.24) is 0 Å². The maximum Gasteiger partial charge on any atom is 0.148 e. The molecule has 0 fully saturated rings. The Morgan fingerprint density at radius 2 is 1.61 bits per heavy atom. The van der Waals surface area contributed by atoms with E-state index in [9.17, 15) is 0 Å². The minimum absolute atomic E-state index is 0.291. The van der Waals surface area contributed by atoms with E-state index in [-0.39, 0.29) is 0 Å². The SMILES string of the molecule is C#CCOc1ccc(C(=C)c2ccccc2)cc1. The largest absolute Gasteiger partial charge is 0.481 e. The van der Waals surface area contributed by atoms with E-state index in [0.29, 0.717) is 6.61 Å². The first kappa shape index (κ1) is 12.0. The molecule has 0 radical (unpaired) electrons. The van der Waals surface area contributed by atoms with E-state index in [1.807, 2.05) is 54.6 Å². The van der Waals surface area contributed by atoms with Crippen molar-refractivity contribution in [3.63, 3.8) is 0 Å². The van der Waals surface area contributed by atoms with Gasteiger partial charge in [0.2, 0.25) is 0 Å². The van der Waals surface area contributed by atoms with Crippen molar-refractivity contribution in [2.75, 3.05) is 6.61 Å². The van der Waals surface area contributed by atoms with Crippen LogP contribution in [-0.4, -0.2) is 6.61 Å². The second-order valence-corrected chi connectivity index (χ2v) is 3.86. The molecule has 2 rings (SSSR count). The van der Waals surface area contributed by atoms with Crippen LogP contribution in [0.5, 0.6) is 5.75 Å². The zero-order valence-corrected chi connectivity index (χ0v) is 10.1. The van der Waals surface area contributed by atoms with Gasteiger partial charge in [-0.25, -0.2) is 0 Å². The predicted octanol–water partition coefficient (Wildman–Crippen LogP) is 3.76. The van der Waals surface area contributed by atoms with Crippen molar-refractivity contribution in [1.29, 1.82) is 0 Å². The Morgan fingerprint density at radius 3 is 2.22 bits per heavy atom. The van der Waals surface area contributed by atoms with Crippen molar-refractivity contribution < 1.29 is 4.74 Å². The van der Waals surface area contributed by atoms with Gasteiger partial charge in [-0.1, -0.05) is 55.0 Å². The summed E-state index contributed by atoms with van der Waals surface area (Å²) in [4.78, 5) is 0. The Morgan fingerprint density at radius 1 is 1.00 bits per heavy atom. The molecule has 18 heavy (non-hydrogen) atoms. The Kier molecular flexibility index (Phi) is 3.83. The summed E-state index contributed by atoms with van der Waals surface area (Å²) in [5.41, 5.74) is 3.20. The molecule has 0 spiro atoms. The molecule has 1 heteroatoms. The molecule has 88 valence electrons. The van der Waals surface area contributed by atoms with Gasteiger partial charge in [-0.3, -0.25) is 0 Å². The average Bonchev–Trinajstić information content (AvgIpc) is 2.46. The molecule has 0 amide bonds. The molecule has 2 aromatic carbocycles. The van der Waals surface area contributed by atoms with Crippen molar-refractivity contribution in [2.24, 2.45) is 0 Å². The number of hydrogen-bond acceptors (Lipinski definition) is 1. The number of ether oxygens (including phenoxy) is 1. The molecule has 0 aliphatic rings. The quantitative estimate of drug-likeness (QED) is 0.732. The van der Waals surface area contributed by atoms with Gasteiger partial charge in [0.25, 0.3) is 0 Å². The summed E-state index contributed by atoms with van der Waals surface area (Å²) in [7, 11) is 0. The first-order valence-electron chi connectivity index (χ1n) is 5.72. The maximum atomic E-state index is 5.33. The summed E-state index contributed by atoms with van der Waals surface area (Å²) in [5.74, 6) is 3.22. The fourth-order valence-corrected chi connectivity index (χ4v) is 1.68. The monoisotopic (exact) mass is 234 g/mol. The molecule has 0 unspecified atom stereocenters. The lowest BCUT2D eigenvalue weighted by Crippen LogP contribution is -1.93. The van der Waals surface area contributed by atoms with Crippen LogP contribution in [0.15, 0.2) is 61.2 Å². The van der Waals surface area contributed by atoms with Crippen LogP contribution in [0.4, 0.5) is 0 Å². The van der Waals surface area contributed by atoms with Crippen LogP contribution in [0.1, 0.15) is 11.1 Å². The molecule has 0 atom stereocenters. The highest BCUT2D eigenvalue weighted by molar-refractivity contribution is 5.78. The van der Waals surface area contributed by atoms with Crippen molar-refractivity contribution >= 4 is 5.57 Å². The smallest absolute Gasteiger partial charge is 0.148 e. The topological polar surface area (TPSA) is 9.23 Å². The van der Waals surface area contributed by atoms with E-state index in [1.54, 1.807) is 0 Å². The fraction of sp³-hybridized carbons (Fsp3) is 0.0588. The van der Waals surface area contributed by atoms with Gasteiger partial charge >= 0.3 is 0 Å². The summed E-state index contributed by atoms with van der Waals surface area (Å²) in [6.07, 6.45) is 5.14. The molecule has 0 saturated heterocycles. The van der Waals surface area contributed by atoms with Gasteiger partial charge in [-0.2, -0.15) is 0 Å². The maximum absolute atomic E-state index is 5.33. The molecular formula is C17H14O. The molecule has 0 aliphatic heterocycles. The Bertz CT molecular complexity index is 559. The van der Waals surface area contributed by atoms with Gasteiger partial charge in [0.05, 0.1) is 0 Å². The van der Waals surface area contributed by atoms with Crippen LogP contribution >= 0.6 is 0 Å². The minimum atomic E-state index is 0.291. The van der Waals surface area contributed by atoms with Crippen molar-refractivity contribution in [2.45, 2.75) is 0 Å². The number of hydrogen-bond donors (Lipinski definition) is 0. The average molecular weight is 234 g/mol. The zero-order valence-electron chi connectivity index (χ0n) is 10.1. The summed E-state index contributed by atoms with van der Waals surface area (Å²) in [5, 5.41) is 0. The second kappa shape index (κ2) is 5.75. The Hall–Kier alpha value is -2.46. The molecule has 0 aliphatic carbocycles. The molecule has 1 nitrogen and oxygen atoms in total. The second-order valence-electron chi connectivity index (χ2n) is 3.86. The van der Waals surface area contributed by atoms with Crippen LogP contribution in [0, 0.1) is 12.3 Å². The van der Waals surface area contributed by atoms with Gasteiger partial charge in [-0.05, 0) is 28.8 Å². The number of benzene rings is 2. The van der Waals surface area contributed by atoms with E-state index in [1.165, 1.54) is 0 Å². The van der Waals surface area contributed by atoms with Gasteiger partial charge < -0.3 is 4.74 Å². The Labute approximate surface area is 108 Å². The highest BCUT2D eigenvalue weighted by Gasteiger charge is 2.01. The highest BCUT2D eigenvalue weighted by atomic mass is 16.5. The molecule has 0 aromatic heterocycles. The summed E-state index contributed by atoms with van der Waals surface area (Å²) in [6.45, 7) is 4.40. The fourth-order valence-electron chi connectivity index (χ4n) is 1.68. The van der Waals surface area contributed by atoms with Crippen LogP contribution in [0.2, 0.25) is 0 Å². The van der Waals surface area contributed by atoms with E-state index < -0.39 is 0 Å². The third-order valence-corrected chi connectivity index (χ3v) is 2.65. The molecular weight excluding hydrogens is 220 g/mol. The van der Waals surface area contributed by atoms with Gasteiger partial charge in [-0.15, -0.1) is 6.42 Å². The van der Waals surface area contributed by atoms with E-state index >= 15 is 0 Å². The van der Waals surface area contributed by atoms with Gasteiger partial charge in [0, 0.05) is 0 Å². The Balaban J connectivity index is 2.15. The van der Waals surface area contributed by atoms with Crippen LogP contribution < -0.4 is 4.74 Å². The molecule has 2 aromatic rings. The molecule has 0 heterocycles. The van der Waals surface area contributed by atoms with E-state index in [0.717, 1.165) is 22.4 Å². The molecule has 0 N–H and O–H groups in total.